The average Bonchev–Trinajstić information content (AvgIpc) is 3.40. The van der Waals surface area contributed by atoms with Gasteiger partial charge in [-0.05, 0) is 59.5 Å². The van der Waals surface area contributed by atoms with Crippen LogP contribution in [-0.4, -0.2) is 27.5 Å². The Bertz CT molecular complexity index is 874. The molecule has 2 aromatic heterocycles. The van der Waals surface area contributed by atoms with Crippen molar-refractivity contribution >= 4 is 17.2 Å². The molecular weight excluding hydrogens is 350 g/mol. The summed E-state index contributed by atoms with van der Waals surface area (Å²) in [7, 11) is 0. The summed E-state index contributed by atoms with van der Waals surface area (Å²) in [6, 6.07) is 9.51. The molecule has 1 aliphatic rings. The molecule has 0 spiro atoms. The highest BCUT2D eigenvalue weighted by Gasteiger charge is 2.30. The topological polar surface area (TPSA) is 68.5 Å². The second kappa shape index (κ2) is 7.29. The minimum atomic E-state index is 0.0686. The van der Waals surface area contributed by atoms with Gasteiger partial charge >= 0.3 is 0 Å². The van der Waals surface area contributed by atoms with Crippen LogP contribution in [0.5, 0.6) is 5.75 Å². The number of likely N-dealkylation sites (tertiary alicyclic amines) is 1. The molecule has 0 radical (unpaired) electrons. The van der Waals surface area contributed by atoms with Gasteiger partial charge in [-0.3, -0.25) is 4.79 Å². The molecule has 3 aromatic rings. The van der Waals surface area contributed by atoms with Crippen molar-refractivity contribution in [2.24, 2.45) is 0 Å². The van der Waals surface area contributed by atoms with Crippen LogP contribution in [-0.2, 0) is 6.61 Å². The maximum atomic E-state index is 12.9. The summed E-state index contributed by atoms with van der Waals surface area (Å²) in [5.41, 5.74) is 1.91. The third kappa shape index (κ3) is 3.48. The van der Waals surface area contributed by atoms with Crippen LogP contribution in [0.15, 0.2) is 45.6 Å². The van der Waals surface area contributed by atoms with Crippen molar-refractivity contribution in [3.63, 3.8) is 0 Å². The number of amides is 1. The standard InChI is InChI=1S/C19H19N3O3S/c1-13-20-18(21-25-13)11-24-16-6-4-14(5-7-16)19(23)22-9-2-3-17(22)15-8-10-26-12-15/h4-8,10,12,17H,2-3,9,11H2,1H3. The Hall–Kier alpha value is -2.67. The van der Waals surface area contributed by atoms with Crippen LogP contribution in [0.1, 0.15) is 46.5 Å². The lowest BCUT2D eigenvalue weighted by Crippen LogP contribution is -2.30. The van der Waals surface area contributed by atoms with Gasteiger partial charge in [-0.15, -0.1) is 0 Å². The summed E-state index contributed by atoms with van der Waals surface area (Å²) in [6.07, 6.45) is 2.06. The summed E-state index contributed by atoms with van der Waals surface area (Å²) >= 11 is 1.67. The van der Waals surface area contributed by atoms with E-state index in [2.05, 4.69) is 27.0 Å². The van der Waals surface area contributed by atoms with E-state index in [4.69, 9.17) is 9.26 Å². The maximum absolute atomic E-state index is 12.9. The van der Waals surface area contributed by atoms with Crippen LogP contribution in [0.3, 0.4) is 0 Å². The minimum absolute atomic E-state index is 0.0686. The Morgan fingerprint density at radius 3 is 2.88 bits per heavy atom. The van der Waals surface area contributed by atoms with Crippen molar-refractivity contribution in [3.05, 3.63) is 63.9 Å². The van der Waals surface area contributed by atoms with Gasteiger partial charge in [-0.1, -0.05) is 5.16 Å². The Balaban J connectivity index is 1.42. The lowest BCUT2D eigenvalue weighted by molar-refractivity contribution is 0.0736. The first-order chi connectivity index (χ1) is 12.7. The molecule has 1 atom stereocenters. The molecule has 1 saturated heterocycles. The van der Waals surface area contributed by atoms with Crippen LogP contribution in [0.4, 0.5) is 0 Å². The highest BCUT2D eigenvalue weighted by atomic mass is 32.1. The fourth-order valence-corrected chi connectivity index (χ4v) is 3.94. The number of benzene rings is 1. The van der Waals surface area contributed by atoms with E-state index >= 15 is 0 Å². The van der Waals surface area contributed by atoms with Gasteiger partial charge in [0.1, 0.15) is 5.75 Å². The molecule has 26 heavy (non-hydrogen) atoms. The van der Waals surface area contributed by atoms with Crippen molar-refractivity contribution in [2.45, 2.75) is 32.4 Å². The van der Waals surface area contributed by atoms with Crippen molar-refractivity contribution in [3.8, 4) is 5.75 Å². The van der Waals surface area contributed by atoms with Crippen LogP contribution in [0.2, 0.25) is 0 Å². The number of hydrogen-bond donors (Lipinski definition) is 0. The maximum Gasteiger partial charge on any atom is 0.254 e. The summed E-state index contributed by atoms with van der Waals surface area (Å²) in [5.74, 6) is 1.74. The van der Waals surface area contributed by atoms with Gasteiger partial charge in [0.15, 0.2) is 6.61 Å². The van der Waals surface area contributed by atoms with Crippen LogP contribution < -0.4 is 4.74 Å². The zero-order valence-corrected chi connectivity index (χ0v) is 15.2. The second-order valence-corrected chi connectivity index (χ2v) is 7.04. The number of carbonyl (C=O) groups excluding carboxylic acids is 1. The number of carbonyl (C=O) groups is 1. The highest BCUT2D eigenvalue weighted by Crippen LogP contribution is 2.34. The largest absolute Gasteiger partial charge is 0.485 e. The number of rotatable bonds is 5. The summed E-state index contributed by atoms with van der Waals surface area (Å²) < 4.78 is 10.5. The SMILES string of the molecule is Cc1nc(COc2ccc(C(=O)N3CCCC3c3ccsc3)cc2)no1. The van der Waals surface area contributed by atoms with E-state index in [0.717, 1.165) is 19.4 Å². The average molecular weight is 369 g/mol. The van der Waals surface area contributed by atoms with E-state index in [1.807, 2.05) is 17.0 Å². The van der Waals surface area contributed by atoms with E-state index in [9.17, 15) is 4.79 Å². The molecule has 1 aliphatic heterocycles. The van der Waals surface area contributed by atoms with Crippen LogP contribution in [0.25, 0.3) is 0 Å². The molecule has 1 fully saturated rings. The van der Waals surface area contributed by atoms with Crippen LogP contribution in [0, 0.1) is 6.92 Å². The predicted octanol–water partition coefficient (Wildman–Crippen LogP) is 4.00. The first-order valence-electron chi connectivity index (χ1n) is 8.56. The molecule has 4 rings (SSSR count). The molecule has 134 valence electrons. The lowest BCUT2D eigenvalue weighted by Gasteiger charge is -2.24. The van der Waals surface area contributed by atoms with E-state index < -0.39 is 0 Å². The normalized spacial score (nSPS) is 16.8. The minimum Gasteiger partial charge on any atom is -0.485 e. The first-order valence-corrected chi connectivity index (χ1v) is 9.50. The molecule has 7 heteroatoms. The third-order valence-corrected chi connectivity index (χ3v) is 5.18. The van der Waals surface area contributed by atoms with Gasteiger partial charge in [0.25, 0.3) is 5.91 Å². The first kappa shape index (κ1) is 16.8. The monoisotopic (exact) mass is 369 g/mol. The molecule has 1 unspecified atom stereocenters. The number of hydrogen-bond acceptors (Lipinski definition) is 6. The molecule has 6 nitrogen and oxygen atoms in total. The van der Waals surface area contributed by atoms with Gasteiger partial charge in [0.05, 0.1) is 6.04 Å². The fraction of sp³-hybridized carbons (Fsp3) is 0.316. The van der Waals surface area contributed by atoms with Gasteiger partial charge in [0, 0.05) is 19.0 Å². The van der Waals surface area contributed by atoms with Gasteiger partial charge < -0.3 is 14.2 Å². The van der Waals surface area contributed by atoms with Crippen LogP contribution >= 0.6 is 11.3 Å². The Morgan fingerprint density at radius 2 is 2.19 bits per heavy atom. The summed E-state index contributed by atoms with van der Waals surface area (Å²) in [4.78, 5) is 19.0. The Kier molecular flexibility index (Phi) is 4.71. The molecule has 0 bridgehead atoms. The quantitative estimate of drug-likeness (QED) is 0.680. The second-order valence-electron chi connectivity index (χ2n) is 6.26. The van der Waals surface area contributed by atoms with Crippen molar-refractivity contribution in [2.75, 3.05) is 6.54 Å². The third-order valence-electron chi connectivity index (χ3n) is 4.48. The molecule has 0 saturated carbocycles. The van der Waals surface area contributed by atoms with E-state index in [0.29, 0.717) is 23.0 Å². The Labute approximate surface area is 155 Å². The molecule has 0 aliphatic carbocycles. The molecular formula is C19H19N3O3S. The fourth-order valence-electron chi connectivity index (χ4n) is 3.23. The highest BCUT2D eigenvalue weighted by molar-refractivity contribution is 7.08. The van der Waals surface area contributed by atoms with Crippen molar-refractivity contribution < 1.29 is 14.1 Å². The Morgan fingerprint density at radius 1 is 1.35 bits per heavy atom. The van der Waals surface area contributed by atoms with Gasteiger partial charge in [-0.2, -0.15) is 16.3 Å². The lowest BCUT2D eigenvalue weighted by atomic mass is 10.1. The summed E-state index contributed by atoms with van der Waals surface area (Å²) in [5, 5.41) is 7.99. The molecule has 1 amide bonds. The zero-order chi connectivity index (χ0) is 17.9. The number of aromatic nitrogens is 2. The van der Waals surface area contributed by atoms with Crippen molar-refractivity contribution in [1.82, 2.24) is 15.0 Å². The number of nitrogens with zero attached hydrogens (tertiary/aromatic N) is 3. The number of thiophene rings is 1. The van der Waals surface area contributed by atoms with Gasteiger partial charge in [0.2, 0.25) is 11.7 Å². The molecule has 0 N–H and O–H groups in total. The summed E-state index contributed by atoms with van der Waals surface area (Å²) in [6.45, 7) is 2.77. The number of ether oxygens (including phenoxy) is 1. The predicted molar refractivity (Wildman–Crippen MR) is 97.1 cm³/mol. The van der Waals surface area contributed by atoms with Gasteiger partial charge in [-0.25, -0.2) is 0 Å². The van der Waals surface area contributed by atoms with E-state index in [1.54, 1.807) is 30.4 Å². The molecule has 1 aromatic carbocycles. The van der Waals surface area contributed by atoms with E-state index in [1.165, 1.54) is 5.56 Å². The smallest absolute Gasteiger partial charge is 0.254 e. The van der Waals surface area contributed by atoms with E-state index in [-0.39, 0.29) is 18.6 Å². The zero-order valence-electron chi connectivity index (χ0n) is 14.4. The number of aryl methyl sites for hydroxylation is 1. The van der Waals surface area contributed by atoms with Crippen molar-refractivity contribution in [1.29, 1.82) is 0 Å². The molecule has 3 heterocycles.